The van der Waals surface area contributed by atoms with Gasteiger partial charge < -0.3 is 20.3 Å². The number of aromatic nitrogens is 2. The van der Waals surface area contributed by atoms with Crippen LogP contribution in [0.5, 0.6) is 5.88 Å². The van der Waals surface area contributed by atoms with Gasteiger partial charge >= 0.3 is 6.09 Å². The maximum atomic E-state index is 11.4. The van der Waals surface area contributed by atoms with E-state index in [1.165, 1.54) is 11.2 Å². The molecule has 0 aliphatic heterocycles. The van der Waals surface area contributed by atoms with Crippen LogP contribution in [0, 0.1) is 0 Å². The van der Waals surface area contributed by atoms with Crippen LogP contribution in [0.3, 0.4) is 0 Å². The number of carbonyl (C=O) groups is 1. The smallest absolute Gasteiger partial charge is 0.389 e. The number of hydrogen-bond donors (Lipinski definition) is 2. The van der Waals surface area contributed by atoms with E-state index in [2.05, 4.69) is 20.6 Å². The summed E-state index contributed by atoms with van der Waals surface area (Å²) in [5.74, 6) is 0.764. The van der Waals surface area contributed by atoms with Crippen molar-refractivity contribution in [3.05, 3.63) is 6.33 Å². The fraction of sp³-hybridized carbons (Fsp3) is 0.444. The molecule has 0 aliphatic rings. The van der Waals surface area contributed by atoms with Crippen LogP contribution in [0.1, 0.15) is 0 Å². The van der Waals surface area contributed by atoms with Gasteiger partial charge in [-0.3, -0.25) is 0 Å². The van der Waals surface area contributed by atoms with Crippen molar-refractivity contribution in [2.24, 2.45) is 0 Å². The van der Waals surface area contributed by atoms with Crippen LogP contribution in [-0.2, 0) is 0 Å². The highest BCUT2D eigenvalue weighted by Gasteiger charge is 2.14. The Morgan fingerprint density at radius 3 is 2.50 bits per heavy atom. The first kappa shape index (κ1) is 12.0. The SMILES string of the molecule is CNc1ncnc(OC(=O)N(C)C)c1NC. The minimum Gasteiger partial charge on any atom is -0.389 e. The predicted octanol–water partition coefficient (Wildman–Crippen LogP) is 0.620. The van der Waals surface area contributed by atoms with E-state index in [1.54, 1.807) is 28.2 Å². The Morgan fingerprint density at radius 1 is 1.31 bits per heavy atom. The highest BCUT2D eigenvalue weighted by atomic mass is 16.6. The van der Waals surface area contributed by atoms with E-state index in [0.29, 0.717) is 11.5 Å². The van der Waals surface area contributed by atoms with Crippen LogP contribution in [0.4, 0.5) is 16.3 Å². The molecule has 0 atom stereocenters. The van der Waals surface area contributed by atoms with Crippen molar-refractivity contribution in [1.82, 2.24) is 14.9 Å². The summed E-state index contributed by atoms with van der Waals surface area (Å²) in [6.45, 7) is 0. The average Bonchev–Trinajstić information content (AvgIpc) is 2.28. The maximum absolute atomic E-state index is 11.4. The van der Waals surface area contributed by atoms with E-state index in [4.69, 9.17) is 4.74 Å². The molecule has 0 radical (unpaired) electrons. The molecule has 1 aromatic rings. The number of rotatable bonds is 3. The van der Waals surface area contributed by atoms with E-state index in [1.807, 2.05) is 0 Å². The third-order valence-electron chi connectivity index (χ3n) is 1.85. The van der Waals surface area contributed by atoms with Gasteiger partial charge in [0.2, 0.25) is 0 Å². The van der Waals surface area contributed by atoms with Crippen molar-refractivity contribution in [3.8, 4) is 5.88 Å². The molecule has 0 saturated carbocycles. The van der Waals surface area contributed by atoms with Crippen molar-refractivity contribution in [3.63, 3.8) is 0 Å². The van der Waals surface area contributed by atoms with E-state index < -0.39 is 6.09 Å². The molecular weight excluding hydrogens is 210 g/mol. The quantitative estimate of drug-likeness (QED) is 0.785. The summed E-state index contributed by atoms with van der Waals surface area (Å²) in [7, 11) is 6.62. The molecule has 0 spiro atoms. The van der Waals surface area contributed by atoms with Gasteiger partial charge in [0.15, 0.2) is 5.82 Å². The molecule has 1 aromatic heterocycles. The van der Waals surface area contributed by atoms with E-state index in [9.17, 15) is 4.79 Å². The maximum Gasteiger partial charge on any atom is 0.416 e. The number of nitrogens with zero attached hydrogens (tertiary/aromatic N) is 3. The number of carbonyl (C=O) groups excluding carboxylic acids is 1. The molecule has 0 fully saturated rings. The van der Waals surface area contributed by atoms with Crippen molar-refractivity contribution >= 4 is 17.6 Å². The second-order valence-electron chi connectivity index (χ2n) is 3.16. The average molecular weight is 225 g/mol. The number of amides is 1. The summed E-state index contributed by atoms with van der Waals surface area (Å²) in [5, 5.41) is 5.75. The van der Waals surface area contributed by atoms with Crippen molar-refractivity contribution in [2.75, 3.05) is 38.8 Å². The third kappa shape index (κ3) is 2.50. The van der Waals surface area contributed by atoms with Crippen molar-refractivity contribution in [2.45, 2.75) is 0 Å². The first-order valence-corrected chi connectivity index (χ1v) is 4.69. The summed E-state index contributed by atoms with van der Waals surface area (Å²) in [5.41, 5.74) is 0.542. The fourth-order valence-electron chi connectivity index (χ4n) is 1.04. The highest BCUT2D eigenvalue weighted by Crippen LogP contribution is 2.27. The van der Waals surface area contributed by atoms with Gasteiger partial charge in [0, 0.05) is 28.2 Å². The third-order valence-corrected chi connectivity index (χ3v) is 1.85. The Labute approximate surface area is 93.8 Å². The van der Waals surface area contributed by atoms with Crippen LogP contribution in [0.15, 0.2) is 6.33 Å². The van der Waals surface area contributed by atoms with Crippen LogP contribution < -0.4 is 15.4 Å². The normalized spacial score (nSPS) is 9.50. The van der Waals surface area contributed by atoms with Gasteiger partial charge in [0.1, 0.15) is 12.0 Å². The Balaban J connectivity index is 2.99. The van der Waals surface area contributed by atoms with E-state index in [-0.39, 0.29) is 5.88 Å². The van der Waals surface area contributed by atoms with Crippen LogP contribution in [0.25, 0.3) is 0 Å². The largest absolute Gasteiger partial charge is 0.416 e. The van der Waals surface area contributed by atoms with Crippen LogP contribution >= 0.6 is 0 Å². The number of anilines is 2. The number of hydrogen-bond acceptors (Lipinski definition) is 6. The molecule has 0 aliphatic carbocycles. The van der Waals surface area contributed by atoms with Crippen LogP contribution in [0.2, 0.25) is 0 Å². The Kier molecular flexibility index (Phi) is 3.87. The molecule has 1 rings (SSSR count). The summed E-state index contributed by atoms with van der Waals surface area (Å²) in [6, 6.07) is 0. The summed E-state index contributed by atoms with van der Waals surface area (Å²) in [4.78, 5) is 20.6. The molecule has 16 heavy (non-hydrogen) atoms. The molecule has 0 aromatic carbocycles. The van der Waals surface area contributed by atoms with Gasteiger partial charge in [-0.2, -0.15) is 4.98 Å². The summed E-state index contributed by atoms with van der Waals surface area (Å²) >= 11 is 0. The predicted molar refractivity (Wildman–Crippen MR) is 60.8 cm³/mol. The molecule has 0 unspecified atom stereocenters. The Bertz CT molecular complexity index is 380. The number of nitrogens with one attached hydrogen (secondary N) is 2. The first-order valence-electron chi connectivity index (χ1n) is 4.69. The van der Waals surface area contributed by atoms with Crippen molar-refractivity contribution in [1.29, 1.82) is 0 Å². The lowest BCUT2D eigenvalue weighted by Gasteiger charge is -2.14. The number of ether oxygens (including phenoxy) is 1. The molecule has 7 heteroatoms. The first-order chi connectivity index (χ1) is 7.60. The fourth-order valence-corrected chi connectivity index (χ4v) is 1.04. The van der Waals surface area contributed by atoms with Gasteiger partial charge in [0.25, 0.3) is 5.88 Å². The zero-order valence-corrected chi connectivity index (χ0v) is 9.74. The lowest BCUT2D eigenvalue weighted by Crippen LogP contribution is -2.26. The van der Waals surface area contributed by atoms with E-state index in [0.717, 1.165) is 0 Å². The van der Waals surface area contributed by atoms with Gasteiger partial charge in [0.05, 0.1) is 0 Å². The zero-order chi connectivity index (χ0) is 12.1. The molecular formula is C9H15N5O2. The second-order valence-corrected chi connectivity index (χ2v) is 3.16. The monoisotopic (exact) mass is 225 g/mol. The molecule has 0 bridgehead atoms. The van der Waals surface area contributed by atoms with Gasteiger partial charge in [-0.15, -0.1) is 0 Å². The highest BCUT2D eigenvalue weighted by molar-refractivity contribution is 5.76. The lowest BCUT2D eigenvalue weighted by atomic mass is 10.4. The standard InChI is InChI=1S/C9H15N5O2/c1-10-6-7(11-2)12-5-13-8(6)16-9(15)14(3)4/h5,10H,1-4H3,(H,11,12,13). The molecule has 7 nitrogen and oxygen atoms in total. The van der Waals surface area contributed by atoms with Gasteiger partial charge in [-0.05, 0) is 0 Å². The molecule has 88 valence electrons. The van der Waals surface area contributed by atoms with Crippen molar-refractivity contribution < 1.29 is 9.53 Å². The zero-order valence-electron chi connectivity index (χ0n) is 9.74. The molecule has 0 saturated heterocycles. The van der Waals surface area contributed by atoms with Crippen LogP contribution in [-0.4, -0.2) is 49.2 Å². The van der Waals surface area contributed by atoms with E-state index >= 15 is 0 Å². The molecule has 1 amide bonds. The lowest BCUT2D eigenvalue weighted by molar-refractivity contribution is 0.170. The van der Waals surface area contributed by atoms with Gasteiger partial charge in [-0.1, -0.05) is 0 Å². The summed E-state index contributed by atoms with van der Waals surface area (Å²) < 4.78 is 5.07. The molecule has 2 N–H and O–H groups in total. The molecule has 1 heterocycles. The van der Waals surface area contributed by atoms with Gasteiger partial charge in [-0.25, -0.2) is 9.78 Å². The summed E-state index contributed by atoms with van der Waals surface area (Å²) in [6.07, 6.45) is 0.836. The Hall–Kier alpha value is -2.05. The topological polar surface area (TPSA) is 79.4 Å². The second kappa shape index (κ2) is 5.15. The minimum atomic E-state index is -0.489. The minimum absolute atomic E-state index is 0.195. The Morgan fingerprint density at radius 2 is 2.00 bits per heavy atom.